The van der Waals surface area contributed by atoms with E-state index in [1.165, 1.54) is 12.5 Å². The topological polar surface area (TPSA) is 85.0 Å². The Labute approximate surface area is 154 Å². The summed E-state index contributed by atoms with van der Waals surface area (Å²) in [6, 6.07) is 8.48. The smallest absolute Gasteiger partial charge is 0.331 e. The van der Waals surface area contributed by atoms with Gasteiger partial charge in [-0.3, -0.25) is 10.1 Å². The Bertz CT molecular complexity index is 956. The van der Waals surface area contributed by atoms with Gasteiger partial charge < -0.3 is 9.30 Å². The lowest BCUT2D eigenvalue weighted by molar-refractivity contribution is -0.135. The number of nitrogens with zero attached hydrogens (tertiary/aromatic N) is 3. The SMILES string of the molecule is COC(=O)/C=C1/S/C(=N\N=Cc2ccc3ccn(C(C)C)c3c2)NC1=O. The van der Waals surface area contributed by atoms with Crippen molar-refractivity contribution in [2.24, 2.45) is 10.2 Å². The number of hydrogen-bond acceptors (Lipinski definition) is 6. The van der Waals surface area contributed by atoms with Gasteiger partial charge in [-0.2, -0.15) is 5.10 Å². The number of benzene rings is 1. The lowest BCUT2D eigenvalue weighted by Crippen LogP contribution is -2.19. The average molecular weight is 370 g/mol. The fourth-order valence-corrected chi connectivity index (χ4v) is 3.22. The number of aromatic nitrogens is 1. The van der Waals surface area contributed by atoms with Gasteiger partial charge in [-0.25, -0.2) is 4.79 Å². The number of fused-ring (bicyclic) bond motifs is 1. The van der Waals surface area contributed by atoms with Gasteiger partial charge in [-0.15, -0.1) is 5.10 Å². The van der Waals surface area contributed by atoms with Crippen molar-refractivity contribution in [3.05, 3.63) is 47.0 Å². The van der Waals surface area contributed by atoms with E-state index in [1.54, 1.807) is 6.21 Å². The minimum atomic E-state index is -0.589. The van der Waals surface area contributed by atoms with Gasteiger partial charge in [0.15, 0.2) is 5.17 Å². The van der Waals surface area contributed by atoms with Gasteiger partial charge in [0.05, 0.1) is 18.2 Å². The van der Waals surface area contributed by atoms with E-state index in [9.17, 15) is 9.59 Å². The molecule has 2 aromatic rings. The molecule has 26 heavy (non-hydrogen) atoms. The highest BCUT2D eigenvalue weighted by Gasteiger charge is 2.24. The molecular formula is C18H18N4O3S. The van der Waals surface area contributed by atoms with Crippen molar-refractivity contribution in [3.63, 3.8) is 0 Å². The monoisotopic (exact) mass is 370 g/mol. The van der Waals surface area contributed by atoms with Crippen LogP contribution < -0.4 is 5.32 Å². The number of esters is 1. The first-order chi connectivity index (χ1) is 12.5. The van der Waals surface area contributed by atoms with Crippen LogP contribution in [0, 0.1) is 0 Å². The van der Waals surface area contributed by atoms with Gasteiger partial charge >= 0.3 is 5.97 Å². The van der Waals surface area contributed by atoms with Crippen molar-refractivity contribution in [2.75, 3.05) is 7.11 Å². The molecule has 8 heteroatoms. The maximum atomic E-state index is 11.7. The number of thioether (sulfide) groups is 1. The molecule has 0 radical (unpaired) electrons. The van der Waals surface area contributed by atoms with Crippen LogP contribution in [0.25, 0.3) is 10.9 Å². The van der Waals surface area contributed by atoms with E-state index in [-0.39, 0.29) is 4.91 Å². The van der Waals surface area contributed by atoms with Gasteiger partial charge in [0.1, 0.15) is 0 Å². The zero-order chi connectivity index (χ0) is 18.7. The van der Waals surface area contributed by atoms with Crippen LogP contribution in [0.4, 0.5) is 0 Å². The van der Waals surface area contributed by atoms with E-state index in [2.05, 4.69) is 50.9 Å². The molecule has 1 fully saturated rings. The molecule has 0 bridgehead atoms. The van der Waals surface area contributed by atoms with Crippen LogP contribution >= 0.6 is 11.8 Å². The minimum Gasteiger partial charge on any atom is -0.466 e. The van der Waals surface area contributed by atoms with Crippen LogP contribution in [-0.2, 0) is 14.3 Å². The third kappa shape index (κ3) is 3.85. The van der Waals surface area contributed by atoms with Gasteiger partial charge in [-0.1, -0.05) is 12.1 Å². The normalized spacial score (nSPS) is 17.8. The Morgan fingerprint density at radius 2 is 2.15 bits per heavy atom. The molecule has 0 atom stereocenters. The van der Waals surface area contributed by atoms with Gasteiger partial charge in [-0.05, 0) is 48.7 Å². The Balaban J connectivity index is 1.76. The maximum absolute atomic E-state index is 11.7. The Morgan fingerprint density at radius 1 is 1.35 bits per heavy atom. The van der Waals surface area contributed by atoms with E-state index in [4.69, 9.17) is 0 Å². The van der Waals surface area contributed by atoms with Crippen molar-refractivity contribution in [1.82, 2.24) is 9.88 Å². The third-order valence-corrected chi connectivity index (χ3v) is 4.66. The van der Waals surface area contributed by atoms with Crippen molar-refractivity contribution in [1.29, 1.82) is 0 Å². The molecule has 7 nitrogen and oxygen atoms in total. The second-order valence-electron chi connectivity index (χ2n) is 5.87. The fraction of sp³-hybridized carbons (Fsp3) is 0.222. The molecule has 0 spiro atoms. The highest BCUT2D eigenvalue weighted by atomic mass is 32.2. The van der Waals surface area contributed by atoms with E-state index in [0.29, 0.717) is 11.2 Å². The number of ether oxygens (including phenoxy) is 1. The first-order valence-corrected chi connectivity index (χ1v) is 8.80. The summed E-state index contributed by atoms with van der Waals surface area (Å²) < 4.78 is 6.70. The Hall–Kier alpha value is -2.87. The summed E-state index contributed by atoms with van der Waals surface area (Å²) in [7, 11) is 1.25. The molecule has 1 aliphatic heterocycles. The van der Waals surface area contributed by atoms with Crippen molar-refractivity contribution in [3.8, 4) is 0 Å². The van der Waals surface area contributed by atoms with Crippen LogP contribution in [0.1, 0.15) is 25.5 Å². The number of rotatable bonds is 4. The number of methoxy groups -OCH3 is 1. The quantitative estimate of drug-likeness (QED) is 0.388. The molecular weight excluding hydrogens is 352 g/mol. The van der Waals surface area contributed by atoms with Crippen LogP contribution in [0.2, 0.25) is 0 Å². The van der Waals surface area contributed by atoms with Crippen molar-refractivity contribution >= 4 is 45.9 Å². The molecule has 1 aromatic heterocycles. The van der Waals surface area contributed by atoms with Gasteiger partial charge in [0.2, 0.25) is 0 Å². The Kier molecular flexibility index (Phi) is 5.22. The zero-order valence-electron chi connectivity index (χ0n) is 14.6. The number of amides is 1. The summed E-state index contributed by atoms with van der Waals surface area (Å²) in [6.07, 6.45) is 4.81. The average Bonchev–Trinajstić information content (AvgIpc) is 3.18. The molecule has 2 heterocycles. The molecule has 1 amide bonds. The summed E-state index contributed by atoms with van der Waals surface area (Å²) in [5, 5.41) is 12.1. The zero-order valence-corrected chi connectivity index (χ0v) is 15.4. The van der Waals surface area contributed by atoms with E-state index >= 15 is 0 Å². The van der Waals surface area contributed by atoms with Crippen molar-refractivity contribution in [2.45, 2.75) is 19.9 Å². The molecule has 1 aromatic carbocycles. The Morgan fingerprint density at radius 3 is 2.88 bits per heavy atom. The maximum Gasteiger partial charge on any atom is 0.331 e. The number of carbonyl (C=O) groups is 2. The third-order valence-electron chi connectivity index (χ3n) is 3.76. The van der Waals surface area contributed by atoms with Crippen LogP contribution in [0.3, 0.4) is 0 Å². The lowest BCUT2D eigenvalue weighted by atomic mass is 10.2. The first-order valence-electron chi connectivity index (χ1n) is 7.98. The van der Waals surface area contributed by atoms with Gasteiger partial charge in [0, 0.05) is 23.8 Å². The summed E-state index contributed by atoms with van der Waals surface area (Å²) in [5.74, 6) is -0.987. The number of carbonyl (C=O) groups excluding carboxylic acids is 2. The molecule has 1 aliphatic rings. The van der Waals surface area contributed by atoms with E-state index < -0.39 is 11.9 Å². The number of amidine groups is 1. The first kappa shape index (κ1) is 17.9. The molecule has 0 unspecified atom stereocenters. The van der Waals surface area contributed by atoms with Crippen LogP contribution in [0.5, 0.6) is 0 Å². The predicted molar refractivity (Wildman–Crippen MR) is 103 cm³/mol. The minimum absolute atomic E-state index is 0.224. The van der Waals surface area contributed by atoms with Crippen LogP contribution in [0.15, 0.2) is 51.6 Å². The summed E-state index contributed by atoms with van der Waals surface area (Å²) in [4.78, 5) is 23.2. The number of nitrogens with one attached hydrogen (secondary N) is 1. The summed E-state index contributed by atoms with van der Waals surface area (Å²) in [6.45, 7) is 4.26. The van der Waals surface area contributed by atoms with Crippen molar-refractivity contribution < 1.29 is 14.3 Å². The van der Waals surface area contributed by atoms with Crippen LogP contribution in [-0.4, -0.2) is 34.9 Å². The standard InChI is InChI=1S/C18H18N4O3S/c1-11(2)22-7-6-13-5-4-12(8-14(13)22)10-19-21-18-20-17(24)15(26-18)9-16(23)25-3/h4-11H,1-3H3,(H,20,21,24)/b15-9+,19-10?. The summed E-state index contributed by atoms with van der Waals surface area (Å²) in [5.41, 5.74) is 2.03. The highest BCUT2D eigenvalue weighted by Crippen LogP contribution is 2.24. The van der Waals surface area contributed by atoms with Gasteiger partial charge in [0.25, 0.3) is 5.91 Å². The molecule has 134 valence electrons. The molecule has 0 saturated carbocycles. The summed E-state index contributed by atoms with van der Waals surface area (Å²) >= 11 is 1.04. The number of hydrogen-bond donors (Lipinski definition) is 1. The van der Waals surface area contributed by atoms with E-state index in [1.807, 2.05) is 18.2 Å². The predicted octanol–water partition coefficient (Wildman–Crippen LogP) is 2.83. The largest absolute Gasteiger partial charge is 0.466 e. The van der Waals surface area contributed by atoms with E-state index in [0.717, 1.165) is 28.9 Å². The fourth-order valence-electron chi connectivity index (χ4n) is 2.49. The molecule has 1 N–H and O–H groups in total. The second-order valence-corrected chi connectivity index (χ2v) is 6.90. The molecule has 0 aliphatic carbocycles. The second kappa shape index (κ2) is 7.57. The molecule has 3 rings (SSSR count). The highest BCUT2D eigenvalue weighted by molar-refractivity contribution is 8.18. The lowest BCUT2D eigenvalue weighted by Gasteiger charge is -2.09. The molecule has 1 saturated heterocycles.